The fraction of sp³-hybridized carbons (Fsp3) is 0.273. The Morgan fingerprint density at radius 2 is 1.78 bits per heavy atom. The van der Waals surface area contributed by atoms with Gasteiger partial charge in [-0.05, 0) is 11.1 Å². The molecule has 7 heteroatoms. The zero-order valence-corrected chi connectivity index (χ0v) is 9.25. The van der Waals surface area contributed by atoms with E-state index in [0.29, 0.717) is 12.8 Å². The predicted molar refractivity (Wildman–Crippen MR) is 59.0 cm³/mol. The molecule has 92 valence electrons. The monoisotopic (exact) mass is 247 g/mol. The van der Waals surface area contributed by atoms with E-state index in [1.165, 1.54) is 0 Å². The molecule has 0 radical (unpaired) electrons. The zero-order valence-electron chi connectivity index (χ0n) is 9.25. The number of hydrogen-bond acceptors (Lipinski definition) is 4. The zero-order chi connectivity index (χ0) is 12.9. The van der Waals surface area contributed by atoms with Gasteiger partial charge in [-0.2, -0.15) is 0 Å². The van der Waals surface area contributed by atoms with Crippen molar-refractivity contribution in [3.8, 4) is 0 Å². The number of nitro groups is 1. The van der Waals surface area contributed by atoms with Crippen LogP contribution in [0.4, 0.5) is 4.79 Å². The minimum Gasteiger partial charge on any atom is -0.318 e. The SMILES string of the molecule is O=C1NC2(Cc3ccccc3C2)C(=O)N1[N+](=O)[O-]. The number of carbonyl (C=O) groups excluding carboxylic acids is 2. The number of rotatable bonds is 1. The number of nitrogens with one attached hydrogen (secondary N) is 1. The Morgan fingerprint density at radius 3 is 2.22 bits per heavy atom. The number of hydrazine groups is 1. The first kappa shape index (κ1) is 10.7. The maximum absolute atomic E-state index is 12.1. The molecule has 1 spiro atoms. The van der Waals surface area contributed by atoms with Crippen molar-refractivity contribution in [3.63, 3.8) is 0 Å². The summed E-state index contributed by atoms with van der Waals surface area (Å²) in [7, 11) is 0. The van der Waals surface area contributed by atoms with Gasteiger partial charge in [-0.25, -0.2) is 14.9 Å². The fourth-order valence-electron chi connectivity index (χ4n) is 2.61. The van der Waals surface area contributed by atoms with Crippen molar-refractivity contribution >= 4 is 11.9 Å². The van der Waals surface area contributed by atoms with Crippen LogP contribution < -0.4 is 5.32 Å². The Balaban J connectivity index is 1.99. The third kappa shape index (κ3) is 1.24. The molecule has 1 fully saturated rings. The lowest BCUT2D eigenvalue weighted by Gasteiger charge is -2.17. The maximum atomic E-state index is 12.1. The second kappa shape index (κ2) is 3.28. The molecule has 0 atom stereocenters. The van der Waals surface area contributed by atoms with Crippen molar-refractivity contribution in [2.24, 2.45) is 0 Å². The van der Waals surface area contributed by atoms with Crippen molar-refractivity contribution in [3.05, 3.63) is 45.5 Å². The van der Waals surface area contributed by atoms with E-state index in [2.05, 4.69) is 5.32 Å². The summed E-state index contributed by atoms with van der Waals surface area (Å²) in [5.41, 5.74) is 0.709. The van der Waals surface area contributed by atoms with E-state index in [1.54, 1.807) is 0 Å². The van der Waals surface area contributed by atoms with Gasteiger partial charge in [0.1, 0.15) is 5.54 Å². The molecule has 1 aromatic carbocycles. The average molecular weight is 247 g/mol. The minimum atomic E-state index is -1.17. The molecule has 3 rings (SSSR count). The molecule has 0 aromatic heterocycles. The maximum Gasteiger partial charge on any atom is 0.386 e. The quantitative estimate of drug-likeness (QED) is 0.438. The van der Waals surface area contributed by atoms with Crippen molar-refractivity contribution < 1.29 is 14.6 Å². The van der Waals surface area contributed by atoms with Gasteiger partial charge in [-0.3, -0.25) is 4.79 Å². The fourth-order valence-corrected chi connectivity index (χ4v) is 2.61. The molecule has 1 aliphatic carbocycles. The normalized spacial score (nSPS) is 20.1. The van der Waals surface area contributed by atoms with Gasteiger partial charge < -0.3 is 5.32 Å². The first-order valence-electron chi connectivity index (χ1n) is 5.41. The van der Waals surface area contributed by atoms with Crippen LogP contribution in [0.2, 0.25) is 0 Å². The average Bonchev–Trinajstić information content (AvgIpc) is 2.77. The van der Waals surface area contributed by atoms with Gasteiger partial charge in [-0.15, -0.1) is 0 Å². The Labute approximate surface area is 102 Å². The topological polar surface area (TPSA) is 92.6 Å². The van der Waals surface area contributed by atoms with Gasteiger partial charge in [0.25, 0.3) is 0 Å². The van der Waals surface area contributed by atoms with Crippen LogP contribution in [0.5, 0.6) is 0 Å². The Bertz CT molecular complexity index is 558. The first-order chi connectivity index (χ1) is 8.53. The molecule has 1 aromatic rings. The van der Waals surface area contributed by atoms with Gasteiger partial charge in [-0.1, -0.05) is 24.3 Å². The highest BCUT2D eigenvalue weighted by atomic mass is 16.7. The summed E-state index contributed by atoms with van der Waals surface area (Å²) in [4.78, 5) is 34.2. The van der Waals surface area contributed by atoms with E-state index in [4.69, 9.17) is 0 Å². The molecule has 0 unspecified atom stereocenters. The van der Waals surface area contributed by atoms with E-state index in [1.807, 2.05) is 24.3 Å². The smallest absolute Gasteiger partial charge is 0.318 e. The largest absolute Gasteiger partial charge is 0.386 e. The second-order valence-electron chi connectivity index (χ2n) is 4.49. The van der Waals surface area contributed by atoms with Gasteiger partial charge in [0.15, 0.2) is 5.03 Å². The van der Waals surface area contributed by atoms with E-state index in [0.717, 1.165) is 11.1 Å². The summed E-state index contributed by atoms with van der Waals surface area (Å²) in [6.45, 7) is 0. The molecule has 1 saturated heterocycles. The molecule has 7 nitrogen and oxygen atoms in total. The summed E-state index contributed by atoms with van der Waals surface area (Å²) in [6, 6.07) is 6.43. The van der Waals surface area contributed by atoms with Gasteiger partial charge >= 0.3 is 11.9 Å². The van der Waals surface area contributed by atoms with Crippen LogP contribution in [0.25, 0.3) is 0 Å². The standard InChI is InChI=1S/C11H9N3O4/c15-9-11(12-10(16)13(9)14(17)18)5-7-3-1-2-4-8(7)6-11/h1-4H,5-6H2,(H,12,16). The van der Waals surface area contributed by atoms with Crippen molar-refractivity contribution in [1.82, 2.24) is 10.3 Å². The lowest BCUT2D eigenvalue weighted by Crippen LogP contribution is -2.48. The molecule has 1 heterocycles. The Kier molecular flexibility index (Phi) is 1.95. The molecule has 0 bridgehead atoms. The lowest BCUT2D eigenvalue weighted by molar-refractivity contribution is -0.610. The number of imide groups is 1. The molecule has 1 aliphatic heterocycles. The number of nitrogens with zero attached hydrogens (tertiary/aromatic N) is 2. The van der Waals surface area contributed by atoms with Crippen LogP contribution >= 0.6 is 0 Å². The van der Waals surface area contributed by atoms with Crippen molar-refractivity contribution in [2.75, 3.05) is 0 Å². The number of amides is 3. The minimum absolute atomic E-state index is 0.0614. The molecule has 2 aliphatic rings. The highest BCUT2D eigenvalue weighted by molar-refractivity contribution is 6.06. The number of carbonyl (C=O) groups is 2. The van der Waals surface area contributed by atoms with Crippen LogP contribution in [0, 0.1) is 10.1 Å². The van der Waals surface area contributed by atoms with Gasteiger partial charge in [0, 0.05) is 17.9 Å². The summed E-state index contributed by atoms with van der Waals surface area (Å²) >= 11 is 0. The van der Waals surface area contributed by atoms with Crippen LogP contribution in [0.15, 0.2) is 24.3 Å². The summed E-state index contributed by atoms with van der Waals surface area (Å²) in [5, 5.41) is 12.2. The van der Waals surface area contributed by atoms with E-state index in [-0.39, 0.29) is 5.01 Å². The number of fused-ring (bicyclic) bond motifs is 1. The second-order valence-corrected chi connectivity index (χ2v) is 4.49. The van der Waals surface area contributed by atoms with Crippen LogP contribution in [-0.4, -0.2) is 27.5 Å². The lowest BCUT2D eigenvalue weighted by atomic mass is 9.96. The highest BCUT2D eigenvalue weighted by Gasteiger charge is 2.59. The van der Waals surface area contributed by atoms with E-state index in [9.17, 15) is 19.7 Å². The molecule has 0 saturated carbocycles. The molecular weight excluding hydrogens is 238 g/mol. The predicted octanol–water partition coefficient (Wildman–Crippen LogP) is 0.268. The number of benzene rings is 1. The van der Waals surface area contributed by atoms with Crippen LogP contribution in [0.3, 0.4) is 0 Å². The van der Waals surface area contributed by atoms with Gasteiger partial charge in [0.2, 0.25) is 0 Å². The summed E-state index contributed by atoms with van der Waals surface area (Å²) in [5.74, 6) is -0.784. The Morgan fingerprint density at radius 1 is 1.22 bits per heavy atom. The van der Waals surface area contributed by atoms with Crippen LogP contribution in [-0.2, 0) is 17.6 Å². The molecule has 18 heavy (non-hydrogen) atoms. The van der Waals surface area contributed by atoms with Crippen molar-refractivity contribution in [2.45, 2.75) is 18.4 Å². The van der Waals surface area contributed by atoms with Crippen molar-refractivity contribution in [1.29, 1.82) is 0 Å². The Hall–Kier alpha value is -2.44. The molecular formula is C11H9N3O4. The third-order valence-electron chi connectivity index (χ3n) is 3.41. The van der Waals surface area contributed by atoms with Gasteiger partial charge in [0.05, 0.1) is 0 Å². The first-order valence-corrected chi connectivity index (χ1v) is 5.41. The highest BCUT2D eigenvalue weighted by Crippen LogP contribution is 2.34. The number of urea groups is 1. The number of hydrogen-bond donors (Lipinski definition) is 1. The summed E-state index contributed by atoms with van der Waals surface area (Å²) < 4.78 is 0. The van der Waals surface area contributed by atoms with E-state index < -0.39 is 22.5 Å². The third-order valence-corrected chi connectivity index (χ3v) is 3.41. The molecule has 1 N–H and O–H groups in total. The molecule has 3 amide bonds. The van der Waals surface area contributed by atoms with Crippen LogP contribution in [0.1, 0.15) is 11.1 Å². The summed E-state index contributed by atoms with van der Waals surface area (Å²) in [6.07, 6.45) is 0.607. The van der Waals surface area contributed by atoms with E-state index >= 15 is 0 Å².